The van der Waals surface area contributed by atoms with E-state index in [1.165, 1.54) is 0 Å². The summed E-state index contributed by atoms with van der Waals surface area (Å²) in [6, 6.07) is 15.3. The van der Waals surface area contributed by atoms with E-state index in [1.54, 1.807) is 24.3 Å². The first kappa shape index (κ1) is 29.4. The normalized spacial score (nSPS) is 15.7. The minimum atomic E-state index is -0.523. The molecule has 42 heavy (non-hydrogen) atoms. The Bertz CT molecular complexity index is 1440. The van der Waals surface area contributed by atoms with Crippen LogP contribution in [-0.2, 0) is 17.8 Å². The van der Waals surface area contributed by atoms with Crippen LogP contribution < -0.4 is 20.3 Å². The van der Waals surface area contributed by atoms with E-state index in [9.17, 15) is 9.59 Å². The van der Waals surface area contributed by atoms with Crippen molar-refractivity contribution in [1.82, 2.24) is 20.2 Å². The third kappa shape index (κ3) is 6.87. The van der Waals surface area contributed by atoms with Crippen molar-refractivity contribution in [3.8, 4) is 5.75 Å². The number of amides is 2. The molecule has 11 heteroatoms. The van der Waals surface area contributed by atoms with Gasteiger partial charge < -0.3 is 29.9 Å². The number of aromatic nitrogens is 2. The molecule has 0 radical (unpaired) electrons. The van der Waals surface area contributed by atoms with E-state index >= 15 is 0 Å². The molecule has 2 aliphatic heterocycles. The highest BCUT2D eigenvalue weighted by atomic mass is 35.5. The number of benzene rings is 2. The third-order valence-corrected chi connectivity index (χ3v) is 7.71. The minimum Gasteiger partial charge on any atom is -0.495 e. The molecule has 0 bridgehead atoms. The molecule has 0 unspecified atom stereocenters. The fraction of sp³-hybridized carbons (Fsp3) is 0.419. The van der Waals surface area contributed by atoms with E-state index < -0.39 is 5.60 Å². The molecule has 2 N–H and O–H groups in total. The molecule has 0 aliphatic carbocycles. The van der Waals surface area contributed by atoms with Crippen molar-refractivity contribution in [3.63, 3.8) is 0 Å². The van der Waals surface area contributed by atoms with Gasteiger partial charge in [0.2, 0.25) is 5.95 Å². The lowest BCUT2D eigenvalue weighted by molar-refractivity contribution is -0.0266. The zero-order valence-electron chi connectivity index (χ0n) is 24.4. The van der Waals surface area contributed by atoms with Gasteiger partial charge >= 0.3 is 6.09 Å². The van der Waals surface area contributed by atoms with Gasteiger partial charge in [-0.1, -0.05) is 48.0 Å². The second-order valence-corrected chi connectivity index (χ2v) is 12.3. The van der Waals surface area contributed by atoms with Crippen molar-refractivity contribution in [2.75, 3.05) is 43.5 Å². The van der Waals surface area contributed by atoms with Crippen molar-refractivity contribution in [3.05, 3.63) is 76.4 Å². The zero-order chi connectivity index (χ0) is 29.9. The van der Waals surface area contributed by atoms with Gasteiger partial charge in [-0.2, -0.15) is 4.98 Å². The Kier molecular flexibility index (Phi) is 8.45. The minimum absolute atomic E-state index is 0.0145. The fourth-order valence-corrected chi connectivity index (χ4v) is 5.57. The van der Waals surface area contributed by atoms with Crippen molar-refractivity contribution in [2.45, 2.75) is 45.9 Å². The molecule has 2 amide bonds. The highest BCUT2D eigenvalue weighted by Gasteiger charge is 2.50. The summed E-state index contributed by atoms with van der Waals surface area (Å²) in [7, 11) is 1.57. The third-order valence-electron chi connectivity index (χ3n) is 7.42. The van der Waals surface area contributed by atoms with Gasteiger partial charge in [-0.3, -0.25) is 4.79 Å². The van der Waals surface area contributed by atoms with Crippen LogP contribution in [-0.4, -0.2) is 65.8 Å². The summed E-state index contributed by atoms with van der Waals surface area (Å²) in [4.78, 5) is 39.0. The summed E-state index contributed by atoms with van der Waals surface area (Å²) in [6.07, 6.45) is 2.21. The molecule has 10 nitrogen and oxygen atoms in total. The molecule has 3 aromatic rings. The maximum Gasteiger partial charge on any atom is 0.410 e. The first-order chi connectivity index (χ1) is 20.0. The van der Waals surface area contributed by atoms with Crippen molar-refractivity contribution >= 4 is 35.4 Å². The summed E-state index contributed by atoms with van der Waals surface area (Å²) < 4.78 is 10.8. The molecule has 1 aromatic heterocycles. The lowest BCUT2D eigenvalue weighted by atomic mass is 9.79. The van der Waals surface area contributed by atoms with Crippen LogP contribution in [0.15, 0.2) is 54.7 Å². The molecule has 2 saturated heterocycles. The first-order valence-corrected chi connectivity index (χ1v) is 14.4. The molecule has 5 rings (SSSR count). The second kappa shape index (κ2) is 12.1. The van der Waals surface area contributed by atoms with Crippen LogP contribution in [0.3, 0.4) is 0 Å². The lowest BCUT2D eigenvalue weighted by Crippen LogP contribution is -2.60. The average Bonchev–Trinajstić information content (AvgIpc) is 3.40. The molecule has 222 valence electrons. The molecule has 2 fully saturated rings. The van der Waals surface area contributed by atoms with Gasteiger partial charge in [0, 0.05) is 50.9 Å². The SMILES string of the molecule is COc1ccc(CNc2nc(N3CCC4(CN(C(=O)OC(C)(C)C)C4)C3)ncc2C(=O)NCc2ccccc2)cc1Cl. The summed E-state index contributed by atoms with van der Waals surface area (Å²) in [5, 5.41) is 6.80. The van der Waals surface area contributed by atoms with Crippen LogP contribution in [0.5, 0.6) is 5.75 Å². The van der Waals surface area contributed by atoms with Crippen molar-refractivity contribution in [1.29, 1.82) is 0 Å². The number of likely N-dealkylation sites (tertiary alicyclic amines) is 1. The molecule has 2 aromatic carbocycles. The Morgan fingerprint density at radius 2 is 1.81 bits per heavy atom. The van der Waals surface area contributed by atoms with Gasteiger partial charge in [-0.25, -0.2) is 9.78 Å². The van der Waals surface area contributed by atoms with E-state index in [-0.39, 0.29) is 17.4 Å². The molecule has 1 spiro atoms. The molecule has 2 aliphatic rings. The lowest BCUT2D eigenvalue weighted by Gasteiger charge is -2.47. The Balaban J connectivity index is 1.30. The molecular formula is C31H37ClN6O4. The zero-order valence-corrected chi connectivity index (χ0v) is 25.2. The number of carbonyl (C=O) groups is 2. The maximum absolute atomic E-state index is 13.2. The number of methoxy groups -OCH3 is 1. The van der Waals surface area contributed by atoms with E-state index in [0.717, 1.165) is 30.6 Å². The number of anilines is 2. The number of nitrogens with zero attached hydrogens (tertiary/aromatic N) is 4. The smallest absolute Gasteiger partial charge is 0.410 e. The number of halogens is 1. The highest BCUT2D eigenvalue weighted by Crippen LogP contribution is 2.41. The Hall–Kier alpha value is -4.05. The molecule has 3 heterocycles. The average molecular weight is 593 g/mol. The van der Waals surface area contributed by atoms with Gasteiger partial charge in [0.1, 0.15) is 22.7 Å². The van der Waals surface area contributed by atoms with Crippen LogP contribution in [0.2, 0.25) is 5.02 Å². The molecule has 0 atom stereocenters. The number of hydrogen-bond acceptors (Lipinski definition) is 8. The summed E-state index contributed by atoms with van der Waals surface area (Å²) in [6.45, 7) is 9.16. The predicted molar refractivity (Wildman–Crippen MR) is 162 cm³/mol. The van der Waals surface area contributed by atoms with E-state index in [2.05, 4.69) is 20.5 Å². The highest BCUT2D eigenvalue weighted by molar-refractivity contribution is 6.32. The van der Waals surface area contributed by atoms with Crippen LogP contribution in [0.25, 0.3) is 0 Å². The largest absolute Gasteiger partial charge is 0.495 e. The fourth-order valence-electron chi connectivity index (χ4n) is 5.29. The Labute approximate surface area is 251 Å². The Morgan fingerprint density at radius 1 is 1.05 bits per heavy atom. The van der Waals surface area contributed by atoms with Gasteiger partial charge in [0.05, 0.1) is 12.1 Å². The van der Waals surface area contributed by atoms with Gasteiger partial charge in [-0.15, -0.1) is 0 Å². The second-order valence-electron chi connectivity index (χ2n) is 11.9. The van der Waals surface area contributed by atoms with E-state index in [0.29, 0.717) is 54.3 Å². The first-order valence-electron chi connectivity index (χ1n) is 14.0. The standard InChI is InChI=1S/C31H37ClN6O4/c1-30(2,3)42-29(40)38-19-31(20-38)12-13-37(18-31)28-35-17-23(27(39)34-15-21-8-6-5-7-9-21)26(36-28)33-16-22-10-11-25(41-4)24(32)14-22/h5-11,14,17H,12-13,15-16,18-20H2,1-4H3,(H,34,39)(H,33,35,36). The quantitative estimate of drug-likeness (QED) is 0.371. The van der Waals surface area contributed by atoms with Gasteiger partial charge in [0.15, 0.2) is 0 Å². The summed E-state index contributed by atoms with van der Waals surface area (Å²) in [5.74, 6) is 1.29. The maximum atomic E-state index is 13.2. The van der Waals surface area contributed by atoms with Crippen LogP contribution in [0.4, 0.5) is 16.6 Å². The summed E-state index contributed by atoms with van der Waals surface area (Å²) in [5.41, 5.74) is 1.72. The molecular weight excluding hydrogens is 556 g/mol. The topological polar surface area (TPSA) is 109 Å². The Morgan fingerprint density at radius 3 is 2.50 bits per heavy atom. The van der Waals surface area contributed by atoms with Gasteiger partial charge in [0.25, 0.3) is 5.91 Å². The number of hydrogen-bond donors (Lipinski definition) is 2. The van der Waals surface area contributed by atoms with Crippen LogP contribution >= 0.6 is 11.6 Å². The molecule has 0 saturated carbocycles. The van der Waals surface area contributed by atoms with Gasteiger partial charge in [-0.05, 0) is 50.5 Å². The number of rotatable bonds is 8. The van der Waals surface area contributed by atoms with Crippen molar-refractivity contribution < 1.29 is 19.1 Å². The number of carbonyl (C=O) groups excluding carboxylic acids is 2. The summed E-state index contributed by atoms with van der Waals surface area (Å²) >= 11 is 6.33. The predicted octanol–water partition coefficient (Wildman–Crippen LogP) is 5.13. The van der Waals surface area contributed by atoms with Crippen LogP contribution in [0.1, 0.15) is 48.7 Å². The number of nitrogens with one attached hydrogen (secondary N) is 2. The van der Waals surface area contributed by atoms with Crippen molar-refractivity contribution in [2.24, 2.45) is 5.41 Å². The van der Waals surface area contributed by atoms with Crippen LogP contribution in [0, 0.1) is 5.41 Å². The number of ether oxygens (including phenoxy) is 2. The monoisotopic (exact) mass is 592 g/mol. The van der Waals surface area contributed by atoms with E-state index in [4.69, 9.17) is 26.1 Å². The van der Waals surface area contributed by atoms with E-state index in [1.807, 2.05) is 63.2 Å².